The largest absolute Gasteiger partial charge is 0.381 e. The van der Waals surface area contributed by atoms with Gasteiger partial charge >= 0.3 is 0 Å². The van der Waals surface area contributed by atoms with E-state index in [0.29, 0.717) is 0 Å². The van der Waals surface area contributed by atoms with Crippen LogP contribution in [0.2, 0.25) is 0 Å². The van der Waals surface area contributed by atoms with Gasteiger partial charge in [-0.3, -0.25) is 4.79 Å². The normalized spacial score (nSPS) is 10.4. The van der Waals surface area contributed by atoms with E-state index in [9.17, 15) is 4.79 Å². The van der Waals surface area contributed by atoms with E-state index in [1.165, 1.54) is 23.9 Å². The van der Waals surface area contributed by atoms with Crippen LogP contribution in [0.5, 0.6) is 0 Å². The van der Waals surface area contributed by atoms with E-state index in [0.717, 1.165) is 17.9 Å². The van der Waals surface area contributed by atoms with Gasteiger partial charge in [0.1, 0.15) is 0 Å². The zero-order chi connectivity index (χ0) is 14.7. The summed E-state index contributed by atoms with van der Waals surface area (Å²) in [5.41, 5.74) is 5.70. The minimum Gasteiger partial charge on any atom is -0.381 e. The molecule has 0 radical (unpaired) electrons. The fourth-order valence-corrected chi connectivity index (χ4v) is 2.18. The lowest BCUT2D eigenvalue weighted by Crippen LogP contribution is -2.06. The molecule has 1 aromatic carbocycles. The van der Waals surface area contributed by atoms with Crippen LogP contribution in [-0.4, -0.2) is 10.5 Å². The number of hydrogen-bond acceptors (Lipinski definition) is 2. The Balaban J connectivity index is 2.00. The van der Waals surface area contributed by atoms with Crippen LogP contribution in [0.4, 0.5) is 11.4 Å². The molecule has 1 amide bonds. The Morgan fingerprint density at radius 3 is 2.25 bits per heavy atom. The molecule has 0 fully saturated rings. The molecule has 4 heteroatoms. The lowest BCUT2D eigenvalue weighted by atomic mass is 10.2. The van der Waals surface area contributed by atoms with Crippen molar-refractivity contribution in [1.29, 1.82) is 0 Å². The van der Waals surface area contributed by atoms with Gasteiger partial charge in [-0.15, -0.1) is 0 Å². The Bertz CT molecular complexity index is 611. The van der Waals surface area contributed by atoms with Gasteiger partial charge in [0, 0.05) is 43.3 Å². The van der Waals surface area contributed by atoms with Crippen LogP contribution in [-0.2, 0) is 18.4 Å². The molecule has 20 heavy (non-hydrogen) atoms. The maximum absolute atomic E-state index is 11.0. The number of nitrogens with zero attached hydrogens (tertiary/aromatic N) is 1. The molecule has 1 aromatic heterocycles. The molecule has 0 saturated carbocycles. The first-order chi connectivity index (χ1) is 9.47. The van der Waals surface area contributed by atoms with Crippen molar-refractivity contribution in [2.75, 3.05) is 10.6 Å². The van der Waals surface area contributed by atoms with Crippen LogP contribution < -0.4 is 10.6 Å². The molecule has 2 rings (SSSR count). The number of benzene rings is 1. The van der Waals surface area contributed by atoms with Gasteiger partial charge in [-0.2, -0.15) is 0 Å². The van der Waals surface area contributed by atoms with Crippen LogP contribution in [0.25, 0.3) is 0 Å². The smallest absolute Gasteiger partial charge is 0.221 e. The fraction of sp³-hybridized carbons (Fsp3) is 0.312. The SMILES string of the molecule is CC(=O)Nc1ccc(NCc2cc(C)n(C)c2C)cc1. The van der Waals surface area contributed by atoms with E-state index in [2.05, 4.69) is 42.2 Å². The molecule has 1 heterocycles. The van der Waals surface area contributed by atoms with Crippen molar-refractivity contribution in [2.24, 2.45) is 7.05 Å². The lowest BCUT2D eigenvalue weighted by Gasteiger charge is -2.08. The Morgan fingerprint density at radius 1 is 1.15 bits per heavy atom. The number of aromatic nitrogens is 1. The van der Waals surface area contributed by atoms with Crippen molar-refractivity contribution < 1.29 is 4.79 Å². The van der Waals surface area contributed by atoms with Gasteiger partial charge in [0.15, 0.2) is 0 Å². The van der Waals surface area contributed by atoms with E-state index < -0.39 is 0 Å². The summed E-state index contributed by atoms with van der Waals surface area (Å²) < 4.78 is 2.19. The van der Waals surface area contributed by atoms with Gasteiger partial charge in [0.05, 0.1) is 0 Å². The number of carbonyl (C=O) groups excluding carboxylic acids is 1. The van der Waals surface area contributed by atoms with E-state index >= 15 is 0 Å². The third-order valence-corrected chi connectivity index (χ3v) is 3.57. The minimum absolute atomic E-state index is 0.0545. The molecule has 0 aliphatic carbocycles. The molecule has 0 bridgehead atoms. The second-order valence-corrected chi connectivity index (χ2v) is 5.07. The van der Waals surface area contributed by atoms with Crippen molar-refractivity contribution in [3.05, 3.63) is 47.3 Å². The predicted octanol–water partition coefficient (Wildman–Crippen LogP) is 3.21. The molecule has 0 spiro atoms. The molecule has 0 unspecified atom stereocenters. The first-order valence-corrected chi connectivity index (χ1v) is 6.70. The van der Waals surface area contributed by atoms with E-state index in [-0.39, 0.29) is 5.91 Å². The highest BCUT2D eigenvalue weighted by molar-refractivity contribution is 5.88. The molecule has 2 aromatic rings. The number of aryl methyl sites for hydroxylation is 1. The molecule has 106 valence electrons. The average molecular weight is 271 g/mol. The zero-order valence-corrected chi connectivity index (χ0v) is 12.4. The Morgan fingerprint density at radius 2 is 1.75 bits per heavy atom. The number of hydrogen-bond donors (Lipinski definition) is 2. The van der Waals surface area contributed by atoms with Gasteiger partial charge in [-0.25, -0.2) is 0 Å². The number of nitrogens with one attached hydrogen (secondary N) is 2. The third kappa shape index (κ3) is 3.20. The predicted molar refractivity (Wildman–Crippen MR) is 83.0 cm³/mol. The lowest BCUT2D eigenvalue weighted by molar-refractivity contribution is -0.114. The van der Waals surface area contributed by atoms with Gasteiger partial charge in [-0.1, -0.05) is 0 Å². The molecule has 0 aliphatic heterocycles. The van der Waals surface area contributed by atoms with Crippen LogP contribution in [0.1, 0.15) is 23.9 Å². The highest BCUT2D eigenvalue weighted by Crippen LogP contribution is 2.17. The Labute approximate surface area is 119 Å². The van der Waals surface area contributed by atoms with E-state index in [1.807, 2.05) is 24.3 Å². The molecular weight excluding hydrogens is 250 g/mol. The molecule has 4 nitrogen and oxygen atoms in total. The summed E-state index contributed by atoms with van der Waals surface area (Å²) in [6.45, 7) is 6.54. The minimum atomic E-state index is -0.0545. The summed E-state index contributed by atoms with van der Waals surface area (Å²) in [6.07, 6.45) is 0. The van der Waals surface area contributed by atoms with Crippen molar-refractivity contribution in [3.8, 4) is 0 Å². The summed E-state index contributed by atoms with van der Waals surface area (Å²) in [6, 6.07) is 9.93. The van der Waals surface area contributed by atoms with Gasteiger partial charge in [0.2, 0.25) is 5.91 Å². The third-order valence-electron chi connectivity index (χ3n) is 3.57. The highest BCUT2D eigenvalue weighted by atomic mass is 16.1. The second-order valence-electron chi connectivity index (χ2n) is 5.07. The van der Waals surface area contributed by atoms with E-state index in [1.54, 1.807) is 0 Å². The van der Waals surface area contributed by atoms with Gasteiger partial charge < -0.3 is 15.2 Å². The zero-order valence-electron chi connectivity index (χ0n) is 12.4. The van der Waals surface area contributed by atoms with Crippen LogP contribution in [0, 0.1) is 13.8 Å². The topological polar surface area (TPSA) is 46.1 Å². The first-order valence-electron chi connectivity index (χ1n) is 6.70. The molecular formula is C16H21N3O. The number of anilines is 2. The molecule has 0 atom stereocenters. The average Bonchev–Trinajstić information content (AvgIpc) is 2.65. The first kappa shape index (κ1) is 14.2. The molecule has 2 N–H and O–H groups in total. The monoisotopic (exact) mass is 271 g/mol. The maximum atomic E-state index is 11.0. The van der Waals surface area contributed by atoms with Gasteiger partial charge in [-0.05, 0) is 49.7 Å². The Hall–Kier alpha value is -2.23. The maximum Gasteiger partial charge on any atom is 0.221 e. The standard InChI is InChI=1S/C16H21N3O/c1-11-9-14(12(2)19(11)4)10-17-15-5-7-16(8-6-15)18-13(3)20/h5-9,17H,10H2,1-4H3,(H,18,20). The number of carbonyl (C=O) groups is 1. The van der Waals surface area contributed by atoms with Crippen molar-refractivity contribution in [3.63, 3.8) is 0 Å². The number of rotatable bonds is 4. The summed E-state index contributed by atoms with van der Waals surface area (Å²) >= 11 is 0. The summed E-state index contributed by atoms with van der Waals surface area (Å²) in [7, 11) is 2.08. The summed E-state index contributed by atoms with van der Waals surface area (Å²) in [5.74, 6) is -0.0545. The van der Waals surface area contributed by atoms with Crippen molar-refractivity contribution in [1.82, 2.24) is 4.57 Å². The highest BCUT2D eigenvalue weighted by Gasteiger charge is 2.05. The quantitative estimate of drug-likeness (QED) is 0.897. The van der Waals surface area contributed by atoms with Crippen LogP contribution in [0.15, 0.2) is 30.3 Å². The van der Waals surface area contributed by atoms with Crippen LogP contribution >= 0.6 is 0 Å². The Kier molecular flexibility index (Phi) is 4.13. The fourth-order valence-electron chi connectivity index (χ4n) is 2.18. The van der Waals surface area contributed by atoms with Crippen molar-refractivity contribution >= 4 is 17.3 Å². The van der Waals surface area contributed by atoms with Crippen molar-refractivity contribution in [2.45, 2.75) is 27.3 Å². The van der Waals surface area contributed by atoms with E-state index in [4.69, 9.17) is 0 Å². The number of amides is 1. The summed E-state index contributed by atoms with van der Waals surface area (Å²) in [4.78, 5) is 11.0. The van der Waals surface area contributed by atoms with Gasteiger partial charge in [0.25, 0.3) is 0 Å². The summed E-state index contributed by atoms with van der Waals surface area (Å²) in [5, 5.41) is 6.15. The second kappa shape index (κ2) is 5.82. The molecule has 0 saturated heterocycles. The van der Waals surface area contributed by atoms with Crippen LogP contribution in [0.3, 0.4) is 0 Å². The molecule has 0 aliphatic rings.